The molecule has 0 aliphatic carbocycles. The summed E-state index contributed by atoms with van der Waals surface area (Å²) in [5.41, 5.74) is 0.913. The molecule has 0 aromatic carbocycles. The van der Waals surface area contributed by atoms with Crippen LogP contribution in [-0.2, 0) is 9.63 Å². The number of rotatable bonds is 5. The highest BCUT2D eigenvalue weighted by Gasteiger charge is 2.07. The molecule has 0 saturated heterocycles. The van der Waals surface area contributed by atoms with Crippen LogP contribution in [0.15, 0.2) is 5.16 Å². The molecule has 0 amide bonds. The van der Waals surface area contributed by atoms with Crippen LogP contribution in [0.2, 0.25) is 0 Å². The van der Waals surface area contributed by atoms with Gasteiger partial charge in [-0.2, -0.15) is 0 Å². The van der Waals surface area contributed by atoms with Crippen LogP contribution < -0.4 is 0 Å². The molecular formula is C10H19NO2. The number of carbonyl (C=O) groups excluding carboxylic acids is 1. The predicted molar refractivity (Wildman–Crippen MR) is 53.7 cm³/mol. The maximum absolute atomic E-state index is 11.1. The second-order valence-corrected chi connectivity index (χ2v) is 3.78. The standard InChI is InChI=1S/C10H19NO2/c1-7(2)9(5)11-13-6-10(12)8(3)4/h7-8H,6H2,1-5H3. The van der Waals surface area contributed by atoms with Crippen LogP contribution in [0.5, 0.6) is 0 Å². The zero-order valence-electron chi connectivity index (χ0n) is 9.13. The van der Waals surface area contributed by atoms with Crippen LogP contribution in [0.3, 0.4) is 0 Å². The third-order valence-corrected chi connectivity index (χ3v) is 1.89. The van der Waals surface area contributed by atoms with E-state index in [0.29, 0.717) is 5.92 Å². The molecule has 13 heavy (non-hydrogen) atoms. The lowest BCUT2D eigenvalue weighted by Crippen LogP contribution is -2.14. The van der Waals surface area contributed by atoms with Gasteiger partial charge in [-0.1, -0.05) is 32.9 Å². The molecule has 0 fully saturated rings. The SMILES string of the molecule is CC(=NOCC(=O)C(C)C)C(C)C. The van der Waals surface area contributed by atoms with Gasteiger partial charge in [-0.25, -0.2) is 0 Å². The monoisotopic (exact) mass is 185 g/mol. The van der Waals surface area contributed by atoms with Crippen LogP contribution in [0.4, 0.5) is 0 Å². The molecule has 0 spiro atoms. The summed E-state index contributed by atoms with van der Waals surface area (Å²) in [5.74, 6) is 0.476. The Balaban J connectivity index is 3.79. The van der Waals surface area contributed by atoms with Gasteiger partial charge in [-0.05, 0) is 12.8 Å². The average Bonchev–Trinajstić information content (AvgIpc) is 2.03. The van der Waals surface area contributed by atoms with Gasteiger partial charge >= 0.3 is 0 Å². The zero-order valence-corrected chi connectivity index (χ0v) is 9.13. The highest BCUT2D eigenvalue weighted by molar-refractivity contribution is 5.84. The third-order valence-electron chi connectivity index (χ3n) is 1.89. The minimum atomic E-state index is 0.0227. The van der Waals surface area contributed by atoms with Crippen molar-refractivity contribution in [3.05, 3.63) is 0 Å². The van der Waals surface area contributed by atoms with Crippen LogP contribution in [0.1, 0.15) is 34.6 Å². The Labute approximate surface area is 80.1 Å². The minimum Gasteiger partial charge on any atom is -0.388 e. The quantitative estimate of drug-likeness (QED) is 0.487. The van der Waals surface area contributed by atoms with E-state index >= 15 is 0 Å². The molecule has 0 aromatic rings. The van der Waals surface area contributed by atoms with Crippen molar-refractivity contribution in [2.45, 2.75) is 34.6 Å². The zero-order chi connectivity index (χ0) is 10.4. The summed E-state index contributed by atoms with van der Waals surface area (Å²) in [7, 11) is 0. The lowest BCUT2D eigenvalue weighted by Gasteiger charge is -2.05. The largest absolute Gasteiger partial charge is 0.388 e. The van der Waals surface area contributed by atoms with E-state index in [9.17, 15) is 4.79 Å². The van der Waals surface area contributed by atoms with Gasteiger partial charge < -0.3 is 4.84 Å². The van der Waals surface area contributed by atoms with E-state index in [1.54, 1.807) is 0 Å². The molecule has 76 valence electrons. The van der Waals surface area contributed by atoms with Crippen LogP contribution >= 0.6 is 0 Å². The van der Waals surface area contributed by atoms with Crippen LogP contribution in [0, 0.1) is 11.8 Å². The topological polar surface area (TPSA) is 38.7 Å². The number of hydrogen-bond donors (Lipinski definition) is 0. The molecule has 0 atom stereocenters. The van der Waals surface area contributed by atoms with E-state index in [1.807, 2.05) is 34.6 Å². The molecular weight excluding hydrogens is 166 g/mol. The number of carbonyl (C=O) groups is 1. The second kappa shape index (κ2) is 5.73. The molecule has 3 heteroatoms. The molecule has 0 rings (SSSR count). The highest BCUT2D eigenvalue weighted by Crippen LogP contribution is 1.98. The maximum Gasteiger partial charge on any atom is 0.175 e. The van der Waals surface area contributed by atoms with Crippen molar-refractivity contribution < 1.29 is 9.63 Å². The van der Waals surface area contributed by atoms with Gasteiger partial charge in [-0.3, -0.25) is 4.79 Å². The van der Waals surface area contributed by atoms with Gasteiger partial charge in [0.15, 0.2) is 12.4 Å². The predicted octanol–water partition coefficient (Wildman–Crippen LogP) is 2.26. The van der Waals surface area contributed by atoms with Crippen molar-refractivity contribution in [1.29, 1.82) is 0 Å². The number of Topliss-reactive ketones (excluding diaryl/α,β-unsaturated/α-hetero) is 1. The summed E-state index contributed by atoms with van der Waals surface area (Å²) in [5, 5.41) is 3.84. The molecule has 0 radical (unpaired) electrons. The molecule has 0 N–H and O–H groups in total. The molecule has 0 heterocycles. The molecule has 0 aliphatic rings. The Morgan fingerprint density at radius 2 is 1.77 bits per heavy atom. The molecule has 3 nitrogen and oxygen atoms in total. The Kier molecular flexibility index (Phi) is 5.35. The average molecular weight is 185 g/mol. The van der Waals surface area contributed by atoms with E-state index in [0.717, 1.165) is 5.71 Å². The van der Waals surface area contributed by atoms with Gasteiger partial charge in [0.2, 0.25) is 0 Å². The minimum absolute atomic E-state index is 0.0227. The number of ketones is 1. The normalized spacial score (nSPS) is 12.4. The summed E-state index contributed by atoms with van der Waals surface area (Å²) in [6, 6.07) is 0. The fourth-order valence-corrected chi connectivity index (χ4v) is 0.470. The summed E-state index contributed by atoms with van der Waals surface area (Å²) >= 11 is 0. The first kappa shape index (κ1) is 12.1. The lowest BCUT2D eigenvalue weighted by molar-refractivity contribution is -0.126. The van der Waals surface area contributed by atoms with Gasteiger partial charge in [0.25, 0.3) is 0 Å². The maximum atomic E-state index is 11.1. The van der Waals surface area contributed by atoms with E-state index < -0.39 is 0 Å². The summed E-state index contributed by atoms with van der Waals surface area (Å²) in [6.45, 7) is 9.75. The van der Waals surface area contributed by atoms with Crippen molar-refractivity contribution in [2.75, 3.05) is 6.61 Å². The Morgan fingerprint density at radius 3 is 2.15 bits per heavy atom. The van der Waals surface area contributed by atoms with Crippen LogP contribution in [-0.4, -0.2) is 18.1 Å². The van der Waals surface area contributed by atoms with Crippen molar-refractivity contribution in [2.24, 2.45) is 17.0 Å². The molecule has 0 unspecified atom stereocenters. The molecule has 0 aliphatic heterocycles. The Hall–Kier alpha value is -0.860. The first-order valence-corrected chi connectivity index (χ1v) is 4.64. The molecule has 0 bridgehead atoms. The first-order chi connectivity index (χ1) is 5.95. The summed E-state index contributed by atoms with van der Waals surface area (Å²) in [6.07, 6.45) is 0. The number of hydrogen-bond acceptors (Lipinski definition) is 3. The van der Waals surface area contributed by atoms with E-state index in [2.05, 4.69) is 5.16 Å². The van der Waals surface area contributed by atoms with Gasteiger partial charge in [-0.15, -0.1) is 0 Å². The van der Waals surface area contributed by atoms with Crippen molar-refractivity contribution in [3.63, 3.8) is 0 Å². The molecule has 0 aromatic heterocycles. The van der Waals surface area contributed by atoms with Gasteiger partial charge in [0.05, 0.1) is 5.71 Å². The van der Waals surface area contributed by atoms with Crippen molar-refractivity contribution >= 4 is 11.5 Å². The summed E-state index contributed by atoms with van der Waals surface area (Å²) in [4.78, 5) is 16.0. The van der Waals surface area contributed by atoms with Crippen molar-refractivity contribution in [3.8, 4) is 0 Å². The smallest absolute Gasteiger partial charge is 0.175 e. The number of nitrogens with zero attached hydrogens (tertiary/aromatic N) is 1. The van der Waals surface area contributed by atoms with E-state index in [4.69, 9.17) is 4.84 Å². The van der Waals surface area contributed by atoms with Crippen LogP contribution in [0.25, 0.3) is 0 Å². The van der Waals surface area contributed by atoms with Crippen molar-refractivity contribution in [1.82, 2.24) is 0 Å². The van der Waals surface area contributed by atoms with E-state index in [-0.39, 0.29) is 18.3 Å². The number of oxime groups is 1. The first-order valence-electron chi connectivity index (χ1n) is 4.64. The Bertz CT molecular complexity index is 195. The van der Waals surface area contributed by atoms with E-state index in [1.165, 1.54) is 0 Å². The molecule has 0 saturated carbocycles. The third kappa shape index (κ3) is 5.39. The Morgan fingerprint density at radius 1 is 1.23 bits per heavy atom. The highest BCUT2D eigenvalue weighted by atomic mass is 16.6. The summed E-state index contributed by atoms with van der Waals surface area (Å²) < 4.78 is 0. The fraction of sp³-hybridized carbons (Fsp3) is 0.800. The van der Waals surface area contributed by atoms with Gasteiger partial charge in [0.1, 0.15) is 0 Å². The second-order valence-electron chi connectivity index (χ2n) is 3.78. The fourth-order valence-electron chi connectivity index (χ4n) is 0.470. The lowest BCUT2D eigenvalue weighted by atomic mass is 10.1. The van der Waals surface area contributed by atoms with Gasteiger partial charge in [0, 0.05) is 5.92 Å².